The second-order valence-electron chi connectivity index (χ2n) is 4.72. The van der Waals surface area contributed by atoms with E-state index in [2.05, 4.69) is 5.32 Å². The van der Waals surface area contributed by atoms with Crippen LogP contribution in [0.4, 0.5) is 5.69 Å². The lowest BCUT2D eigenvalue weighted by molar-refractivity contribution is 0.0997. The summed E-state index contributed by atoms with van der Waals surface area (Å²) >= 11 is 18.1. The van der Waals surface area contributed by atoms with E-state index in [1.54, 1.807) is 54.6 Å². The summed E-state index contributed by atoms with van der Waals surface area (Å²) in [5.41, 5.74) is 1.13. The van der Waals surface area contributed by atoms with Crippen LogP contribution < -0.4 is 5.32 Å². The predicted octanol–water partition coefficient (Wildman–Crippen LogP) is 6.16. The van der Waals surface area contributed by atoms with Crippen molar-refractivity contribution in [1.82, 2.24) is 0 Å². The van der Waals surface area contributed by atoms with Crippen molar-refractivity contribution >= 4 is 46.4 Å². The summed E-state index contributed by atoms with van der Waals surface area (Å²) in [4.78, 5) is 12.2. The number of para-hydroxylation sites is 1. The quantitative estimate of drug-likeness (QED) is 0.603. The number of hydrogen-bond donors (Lipinski definition) is 1. The Kier molecular flexibility index (Phi) is 4.62. The highest BCUT2D eigenvalue weighted by Crippen LogP contribution is 2.32. The molecule has 0 bridgehead atoms. The average molecular weight is 367 g/mol. The van der Waals surface area contributed by atoms with Gasteiger partial charge in [0.15, 0.2) is 5.76 Å². The molecule has 3 nitrogen and oxygen atoms in total. The highest BCUT2D eigenvalue weighted by molar-refractivity contribution is 6.35. The smallest absolute Gasteiger partial charge is 0.291 e. The maximum atomic E-state index is 12.2. The first-order chi connectivity index (χ1) is 11.0. The normalized spacial score (nSPS) is 10.6. The van der Waals surface area contributed by atoms with Crippen LogP contribution in [0, 0.1) is 0 Å². The van der Waals surface area contributed by atoms with E-state index in [0.29, 0.717) is 32.1 Å². The third-order valence-electron chi connectivity index (χ3n) is 3.15. The Labute approximate surface area is 147 Å². The maximum Gasteiger partial charge on any atom is 0.291 e. The van der Waals surface area contributed by atoms with Crippen molar-refractivity contribution in [1.29, 1.82) is 0 Å². The number of amides is 1. The summed E-state index contributed by atoms with van der Waals surface area (Å²) in [6, 6.07) is 15.2. The van der Waals surface area contributed by atoms with Crippen LogP contribution in [0.3, 0.4) is 0 Å². The number of anilines is 1. The van der Waals surface area contributed by atoms with E-state index in [1.807, 2.05) is 0 Å². The van der Waals surface area contributed by atoms with Crippen molar-refractivity contribution < 1.29 is 9.21 Å². The SMILES string of the molecule is O=C(Nc1ccccc1Cl)c1ccc(-c2cc(Cl)ccc2Cl)o1. The molecule has 0 aliphatic rings. The standard InChI is InChI=1S/C17H10Cl3NO2/c18-10-5-6-12(19)11(9-10)15-7-8-16(23-15)17(22)21-14-4-2-1-3-13(14)20/h1-9H,(H,21,22). The van der Waals surface area contributed by atoms with E-state index >= 15 is 0 Å². The molecule has 116 valence electrons. The van der Waals surface area contributed by atoms with E-state index in [4.69, 9.17) is 39.2 Å². The van der Waals surface area contributed by atoms with Gasteiger partial charge >= 0.3 is 0 Å². The molecule has 3 rings (SSSR count). The maximum absolute atomic E-state index is 12.2. The van der Waals surface area contributed by atoms with E-state index in [9.17, 15) is 4.79 Å². The zero-order valence-electron chi connectivity index (χ0n) is 11.6. The van der Waals surface area contributed by atoms with Crippen LogP contribution in [0.15, 0.2) is 59.0 Å². The first kappa shape index (κ1) is 15.9. The third-order valence-corrected chi connectivity index (χ3v) is 4.04. The fraction of sp³-hybridized carbons (Fsp3) is 0. The molecule has 3 aromatic rings. The second kappa shape index (κ2) is 6.67. The molecule has 0 atom stereocenters. The van der Waals surface area contributed by atoms with Crippen LogP contribution in [0.5, 0.6) is 0 Å². The molecular formula is C17H10Cl3NO2. The Bertz CT molecular complexity index is 874. The lowest BCUT2D eigenvalue weighted by Crippen LogP contribution is -2.11. The number of carbonyl (C=O) groups is 1. The van der Waals surface area contributed by atoms with Gasteiger partial charge in [-0.05, 0) is 42.5 Å². The van der Waals surface area contributed by atoms with E-state index in [0.717, 1.165) is 0 Å². The fourth-order valence-corrected chi connectivity index (χ4v) is 2.60. The number of benzene rings is 2. The number of hydrogen-bond acceptors (Lipinski definition) is 2. The van der Waals surface area contributed by atoms with Crippen molar-refractivity contribution in [3.63, 3.8) is 0 Å². The van der Waals surface area contributed by atoms with Crippen LogP contribution in [0.25, 0.3) is 11.3 Å². The second-order valence-corrected chi connectivity index (χ2v) is 5.97. The van der Waals surface area contributed by atoms with Gasteiger partial charge in [-0.1, -0.05) is 46.9 Å². The number of nitrogens with one attached hydrogen (secondary N) is 1. The van der Waals surface area contributed by atoms with Gasteiger partial charge in [-0.15, -0.1) is 0 Å². The topological polar surface area (TPSA) is 42.2 Å². The Hall–Kier alpha value is -1.94. The minimum absolute atomic E-state index is 0.149. The Morgan fingerprint density at radius 3 is 2.48 bits per heavy atom. The Morgan fingerprint density at radius 2 is 1.70 bits per heavy atom. The zero-order valence-corrected chi connectivity index (χ0v) is 13.9. The molecule has 1 heterocycles. The Balaban J connectivity index is 1.86. The van der Waals surface area contributed by atoms with Gasteiger partial charge in [0, 0.05) is 10.6 Å². The van der Waals surface area contributed by atoms with Crippen molar-refractivity contribution in [2.45, 2.75) is 0 Å². The molecule has 0 saturated heterocycles. The fourth-order valence-electron chi connectivity index (χ4n) is 2.04. The molecule has 1 amide bonds. The summed E-state index contributed by atoms with van der Waals surface area (Å²) in [6.07, 6.45) is 0. The number of furan rings is 1. The molecule has 0 fully saturated rings. The van der Waals surface area contributed by atoms with Gasteiger partial charge in [-0.2, -0.15) is 0 Å². The van der Waals surface area contributed by atoms with E-state index in [-0.39, 0.29) is 5.76 Å². The molecule has 1 aromatic heterocycles. The molecule has 0 unspecified atom stereocenters. The molecule has 23 heavy (non-hydrogen) atoms. The minimum Gasteiger partial charge on any atom is -0.451 e. The molecule has 1 N–H and O–H groups in total. The number of rotatable bonds is 3. The zero-order chi connectivity index (χ0) is 16.4. The van der Waals surface area contributed by atoms with Crippen LogP contribution in [0.2, 0.25) is 15.1 Å². The summed E-state index contributed by atoms with van der Waals surface area (Å²) in [7, 11) is 0. The largest absolute Gasteiger partial charge is 0.451 e. The summed E-state index contributed by atoms with van der Waals surface area (Å²) < 4.78 is 5.58. The van der Waals surface area contributed by atoms with Crippen LogP contribution in [-0.4, -0.2) is 5.91 Å². The van der Waals surface area contributed by atoms with Gasteiger partial charge in [-0.3, -0.25) is 4.79 Å². The number of halogens is 3. The molecule has 0 aliphatic heterocycles. The van der Waals surface area contributed by atoms with E-state index < -0.39 is 5.91 Å². The molecule has 0 saturated carbocycles. The molecule has 0 radical (unpaired) electrons. The van der Waals surface area contributed by atoms with Crippen molar-refractivity contribution in [2.24, 2.45) is 0 Å². The molecular weight excluding hydrogens is 357 g/mol. The highest BCUT2D eigenvalue weighted by Gasteiger charge is 2.15. The predicted molar refractivity (Wildman–Crippen MR) is 93.6 cm³/mol. The van der Waals surface area contributed by atoms with Crippen molar-refractivity contribution in [2.75, 3.05) is 5.32 Å². The summed E-state index contributed by atoms with van der Waals surface area (Å²) in [5.74, 6) is 0.209. The van der Waals surface area contributed by atoms with Gasteiger partial charge < -0.3 is 9.73 Å². The van der Waals surface area contributed by atoms with Crippen LogP contribution in [-0.2, 0) is 0 Å². The molecule has 0 aliphatic carbocycles. The van der Waals surface area contributed by atoms with Gasteiger partial charge in [0.1, 0.15) is 5.76 Å². The van der Waals surface area contributed by atoms with E-state index in [1.165, 1.54) is 0 Å². The lowest BCUT2D eigenvalue weighted by atomic mass is 10.2. The van der Waals surface area contributed by atoms with Crippen molar-refractivity contribution in [3.05, 3.63) is 75.4 Å². The first-order valence-corrected chi connectivity index (χ1v) is 7.79. The van der Waals surface area contributed by atoms with Gasteiger partial charge in [0.25, 0.3) is 5.91 Å². The highest BCUT2D eigenvalue weighted by atomic mass is 35.5. The minimum atomic E-state index is -0.400. The number of carbonyl (C=O) groups excluding carboxylic acids is 1. The van der Waals surface area contributed by atoms with Gasteiger partial charge in [-0.25, -0.2) is 0 Å². The first-order valence-electron chi connectivity index (χ1n) is 6.66. The molecule has 0 spiro atoms. The summed E-state index contributed by atoms with van der Waals surface area (Å²) in [5, 5.41) is 4.16. The van der Waals surface area contributed by atoms with Crippen molar-refractivity contribution in [3.8, 4) is 11.3 Å². The Morgan fingerprint density at radius 1 is 0.913 bits per heavy atom. The average Bonchev–Trinajstić information content (AvgIpc) is 3.02. The molecule has 2 aromatic carbocycles. The summed E-state index contributed by atoms with van der Waals surface area (Å²) in [6.45, 7) is 0. The van der Waals surface area contributed by atoms with Crippen LogP contribution >= 0.6 is 34.8 Å². The van der Waals surface area contributed by atoms with Gasteiger partial charge in [0.2, 0.25) is 0 Å². The third kappa shape index (κ3) is 3.53. The monoisotopic (exact) mass is 365 g/mol. The molecule has 6 heteroatoms. The van der Waals surface area contributed by atoms with Crippen LogP contribution in [0.1, 0.15) is 10.6 Å². The van der Waals surface area contributed by atoms with Gasteiger partial charge in [0.05, 0.1) is 15.7 Å². The lowest BCUT2D eigenvalue weighted by Gasteiger charge is -2.05.